The molecule has 21 heavy (non-hydrogen) atoms. The zero-order chi connectivity index (χ0) is 14.8. The van der Waals surface area contributed by atoms with E-state index in [0.29, 0.717) is 5.92 Å². The van der Waals surface area contributed by atoms with E-state index in [1.807, 2.05) is 0 Å². The summed E-state index contributed by atoms with van der Waals surface area (Å²) in [6.45, 7) is 6.78. The van der Waals surface area contributed by atoms with Crippen LogP contribution in [0.25, 0.3) is 0 Å². The summed E-state index contributed by atoms with van der Waals surface area (Å²) < 4.78 is 11.8. The molecule has 1 aliphatic heterocycles. The third kappa shape index (κ3) is 5.77. The van der Waals surface area contributed by atoms with E-state index in [2.05, 4.69) is 42.6 Å². The Bertz CT molecular complexity index is 363. The Kier molecular flexibility index (Phi) is 7.79. The van der Waals surface area contributed by atoms with Crippen LogP contribution >= 0.6 is 0 Å². The summed E-state index contributed by atoms with van der Waals surface area (Å²) in [7, 11) is 0. The van der Waals surface area contributed by atoms with Crippen LogP contribution in [-0.2, 0) is 9.47 Å². The molecule has 1 aromatic rings. The Hall–Kier alpha value is -0.900. The largest absolute Gasteiger partial charge is 0.381 e. The number of rotatable bonds is 9. The van der Waals surface area contributed by atoms with E-state index in [1.165, 1.54) is 18.4 Å². The molecule has 1 aliphatic rings. The van der Waals surface area contributed by atoms with Crippen LogP contribution in [0.3, 0.4) is 0 Å². The van der Waals surface area contributed by atoms with Gasteiger partial charge in [-0.2, -0.15) is 0 Å². The molecule has 1 heterocycles. The second-order valence-corrected chi connectivity index (χ2v) is 5.77. The van der Waals surface area contributed by atoms with E-state index in [0.717, 1.165) is 45.8 Å². The zero-order valence-electron chi connectivity index (χ0n) is 13.2. The van der Waals surface area contributed by atoms with Crippen LogP contribution in [0, 0.1) is 5.92 Å². The monoisotopic (exact) mass is 291 g/mol. The van der Waals surface area contributed by atoms with Gasteiger partial charge in [-0.05, 0) is 37.8 Å². The molecule has 0 bridgehead atoms. The van der Waals surface area contributed by atoms with Gasteiger partial charge in [0, 0.05) is 32.3 Å². The van der Waals surface area contributed by atoms with Gasteiger partial charge in [0.2, 0.25) is 0 Å². The van der Waals surface area contributed by atoms with Crippen molar-refractivity contribution in [3.05, 3.63) is 35.9 Å². The fourth-order valence-electron chi connectivity index (χ4n) is 2.90. The van der Waals surface area contributed by atoms with Gasteiger partial charge < -0.3 is 14.8 Å². The molecule has 2 unspecified atom stereocenters. The van der Waals surface area contributed by atoms with Crippen LogP contribution in [-0.4, -0.2) is 32.9 Å². The maximum atomic E-state index is 6.23. The summed E-state index contributed by atoms with van der Waals surface area (Å²) in [5, 5.41) is 3.50. The fourth-order valence-corrected chi connectivity index (χ4v) is 2.90. The van der Waals surface area contributed by atoms with Crippen LogP contribution in [0.15, 0.2) is 30.3 Å². The van der Waals surface area contributed by atoms with Crippen LogP contribution in [0.2, 0.25) is 0 Å². The average Bonchev–Trinajstić information content (AvgIpc) is 2.56. The highest BCUT2D eigenvalue weighted by Gasteiger charge is 2.25. The molecule has 1 aromatic carbocycles. The fraction of sp³-hybridized carbons (Fsp3) is 0.667. The number of piperidine rings is 1. The predicted molar refractivity (Wildman–Crippen MR) is 86.5 cm³/mol. The highest BCUT2D eigenvalue weighted by atomic mass is 16.5. The Balaban J connectivity index is 1.83. The lowest BCUT2D eigenvalue weighted by Gasteiger charge is -2.31. The second kappa shape index (κ2) is 9.93. The Morgan fingerprint density at radius 2 is 2.05 bits per heavy atom. The summed E-state index contributed by atoms with van der Waals surface area (Å²) in [4.78, 5) is 0. The number of ether oxygens (including phenoxy) is 2. The minimum atomic E-state index is 0.213. The summed E-state index contributed by atoms with van der Waals surface area (Å²) in [5.74, 6) is 0.581. The molecule has 0 aromatic heterocycles. The predicted octanol–water partition coefficient (Wildman–Crippen LogP) is 3.56. The Labute approximate surface area is 129 Å². The van der Waals surface area contributed by atoms with Crippen molar-refractivity contribution in [3.63, 3.8) is 0 Å². The summed E-state index contributed by atoms with van der Waals surface area (Å²) in [6.07, 6.45) is 4.77. The van der Waals surface area contributed by atoms with Crippen LogP contribution < -0.4 is 5.32 Å². The maximum absolute atomic E-state index is 6.23. The van der Waals surface area contributed by atoms with E-state index in [9.17, 15) is 0 Å². The van der Waals surface area contributed by atoms with Crippen molar-refractivity contribution < 1.29 is 9.47 Å². The standard InChI is InChI=1S/C18H29NO2/c1-2-12-20-13-7-14-21-18(16-8-4-3-5-9-16)17-10-6-11-19-15-17/h3-5,8-9,17-19H,2,6-7,10-15H2,1H3. The Morgan fingerprint density at radius 1 is 1.19 bits per heavy atom. The lowest BCUT2D eigenvalue weighted by Crippen LogP contribution is -2.34. The molecule has 3 heteroatoms. The minimum Gasteiger partial charge on any atom is -0.381 e. The second-order valence-electron chi connectivity index (χ2n) is 5.77. The molecule has 1 N–H and O–H groups in total. The highest BCUT2D eigenvalue weighted by molar-refractivity contribution is 5.18. The highest BCUT2D eigenvalue weighted by Crippen LogP contribution is 2.30. The molecule has 3 nitrogen and oxygen atoms in total. The molecule has 1 saturated heterocycles. The molecule has 0 spiro atoms. The molecule has 118 valence electrons. The van der Waals surface area contributed by atoms with E-state index in [4.69, 9.17) is 9.47 Å². The van der Waals surface area contributed by atoms with Gasteiger partial charge in [0.25, 0.3) is 0 Å². The smallest absolute Gasteiger partial charge is 0.0865 e. The quantitative estimate of drug-likeness (QED) is 0.706. The first-order chi connectivity index (χ1) is 10.4. The van der Waals surface area contributed by atoms with E-state index < -0.39 is 0 Å². The van der Waals surface area contributed by atoms with E-state index in [1.54, 1.807) is 0 Å². The van der Waals surface area contributed by atoms with Gasteiger partial charge >= 0.3 is 0 Å². The molecule has 0 radical (unpaired) electrons. The molecule has 0 aliphatic carbocycles. The third-order valence-electron chi connectivity index (χ3n) is 3.97. The van der Waals surface area contributed by atoms with Gasteiger partial charge in [-0.3, -0.25) is 0 Å². The number of hydrogen-bond donors (Lipinski definition) is 1. The molecule has 0 amide bonds. The van der Waals surface area contributed by atoms with E-state index >= 15 is 0 Å². The van der Waals surface area contributed by atoms with Gasteiger partial charge in [0.05, 0.1) is 6.10 Å². The lowest BCUT2D eigenvalue weighted by atomic mass is 9.89. The molecular weight excluding hydrogens is 262 g/mol. The van der Waals surface area contributed by atoms with Crippen LogP contribution in [0.5, 0.6) is 0 Å². The van der Waals surface area contributed by atoms with Gasteiger partial charge in [-0.1, -0.05) is 37.3 Å². The zero-order valence-corrected chi connectivity index (χ0v) is 13.2. The van der Waals surface area contributed by atoms with Gasteiger partial charge in [-0.15, -0.1) is 0 Å². The van der Waals surface area contributed by atoms with Crippen molar-refractivity contribution in [2.45, 2.75) is 38.7 Å². The van der Waals surface area contributed by atoms with Crippen molar-refractivity contribution in [2.24, 2.45) is 5.92 Å². The van der Waals surface area contributed by atoms with Crippen LogP contribution in [0.1, 0.15) is 44.3 Å². The normalized spacial score (nSPS) is 20.3. The van der Waals surface area contributed by atoms with Crippen molar-refractivity contribution in [2.75, 3.05) is 32.9 Å². The third-order valence-corrected chi connectivity index (χ3v) is 3.97. The minimum absolute atomic E-state index is 0.213. The first-order valence-electron chi connectivity index (χ1n) is 8.37. The molecule has 2 atom stereocenters. The van der Waals surface area contributed by atoms with Gasteiger partial charge in [-0.25, -0.2) is 0 Å². The van der Waals surface area contributed by atoms with Crippen LogP contribution in [0.4, 0.5) is 0 Å². The summed E-state index contributed by atoms with van der Waals surface area (Å²) in [5.41, 5.74) is 1.31. The topological polar surface area (TPSA) is 30.5 Å². The maximum Gasteiger partial charge on any atom is 0.0865 e. The van der Waals surface area contributed by atoms with Gasteiger partial charge in [0.15, 0.2) is 0 Å². The van der Waals surface area contributed by atoms with E-state index in [-0.39, 0.29) is 6.10 Å². The Morgan fingerprint density at radius 3 is 2.76 bits per heavy atom. The molecule has 0 saturated carbocycles. The lowest BCUT2D eigenvalue weighted by molar-refractivity contribution is -0.00784. The van der Waals surface area contributed by atoms with Crippen molar-refractivity contribution in [1.29, 1.82) is 0 Å². The summed E-state index contributed by atoms with van der Waals surface area (Å²) in [6, 6.07) is 10.6. The molecule has 2 rings (SSSR count). The number of nitrogens with one attached hydrogen (secondary N) is 1. The first kappa shape index (κ1) is 16.5. The van der Waals surface area contributed by atoms with Gasteiger partial charge in [0.1, 0.15) is 0 Å². The average molecular weight is 291 g/mol. The molecular formula is C18H29NO2. The van der Waals surface area contributed by atoms with Crippen molar-refractivity contribution >= 4 is 0 Å². The first-order valence-corrected chi connectivity index (χ1v) is 8.37. The summed E-state index contributed by atoms with van der Waals surface area (Å²) >= 11 is 0. The van der Waals surface area contributed by atoms with Crippen molar-refractivity contribution in [1.82, 2.24) is 5.32 Å². The molecule has 1 fully saturated rings. The SMILES string of the molecule is CCCOCCCOC(c1ccccc1)C1CCCNC1. The number of benzene rings is 1. The van der Waals surface area contributed by atoms with Crippen molar-refractivity contribution in [3.8, 4) is 0 Å². The number of hydrogen-bond acceptors (Lipinski definition) is 3.